The molecule has 0 aliphatic carbocycles. The van der Waals surface area contributed by atoms with Gasteiger partial charge >= 0.3 is 5.97 Å². The quantitative estimate of drug-likeness (QED) is 0.235. The number of carboxylic acids is 1. The lowest BCUT2D eigenvalue weighted by atomic mass is 10.0. The number of ether oxygens (including phenoxy) is 2. The number of rotatable bonds is 16. The zero-order chi connectivity index (χ0) is 25.8. The number of hydrogen-bond donors (Lipinski definition) is 3. The molecule has 200 valence electrons. The first-order valence-corrected chi connectivity index (χ1v) is 12.8. The predicted octanol–water partition coefficient (Wildman–Crippen LogP) is 1.69. The average molecular weight is 504 g/mol. The molecule has 1 fully saturated rings. The van der Waals surface area contributed by atoms with E-state index in [4.69, 9.17) is 14.6 Å². The lowest BCUT2D eigenvalue weighted by molar-refractivity contribution is -0.138. The number of nitrogens with zero attached hydrogens (tertiary/aromatic N) is 3. The van der Waals surface area contributed by atoms with Gasteiger partial charge in [-0.25, -0.2) is 5.01 Å². The van der Waals surface area contributed by atoms with E-state index in [1.54, 1.807) is 0 Å². The summed E-state index contributed by atoms with van der Waals surface area (Å²) in [6, 6.07) is 10.9. The molecule has 1 saturated heterocycles. The van der Waals surface area contributed by atoms with Crippen molar-refractivity contribution < 1.29 is 24.2 Å². The van der Waals surface area contributed by atoms with Crippen molar-refractivity contribution in [3.8, 4) is 0 Å². The summed E-state index contributed by atoms with van der Waals surface area (Å²) in [6.07, 6.45) is 2.39. The number of likely N-dealkylation sites (tertiary alicyclic amines) is 1. The van der Waals surface area contributed by atoms with Gasteiger partial charge in [0.15, 0.2) is 0 Å². The second-order valence-corrected chi connectivity index (χ2v) is 9.15. The molecule has 0 radical (unpaired) electrons. The Morgan fingerprint density at radius 2 is 1.81 bits per heavy atom. The summed E-state index contributed by atoms with van der Waals surface area (Å²) < 4.78 is 13.0. The van der Waals surface area contributed by atoms with Crippen LogP contribution in [0, 0.1) is 0 Å². The number of aromatic nitrogens is 1. The standard InChI is InChI=1S/C26H41N5O5/c1-27-29(2)20-23-19-21-5-3-4-6-24(21)31(23)14-9-25(32)30-12-7-22(8-13-30)28-11-16-36-18-17-35-15-10-26(33)34/h3-6,19,22,27-28H,7-18,20H2,1-2H3,(H,33,34). The van der Waals surface area contributed by atoms with Crippen LogP contribution in [0.1, 0.15) is 31.4 Å². The number of carbonyl (C=O) groups is 2. The number of amides is 1. The van der Waals surface area contributed by atoms with E-state index in [-0.39, 0.29) is 18.9 Å². The number of aliphatic carboxylic acids is 1. The average Bonchev–Trinajstić information content (AvgIpc) is 3.23. The van der Waals surface area contributed by atoms with Crippen molar-refractivity contribution in [1.29, 1.82) is 0 Å². The number of fused-ring (bicyclic) bond motifs is 1. The molecule has 1 aliphatic heterocycles. The lowest BCUT2D eigenvalue weighted by Gasteiger charge is -2.32. The number of para-hydroxylation sites is 1. The molecule has 0 spiro atoms. The summed E-state index contributed by atoms with van der Waals surface area (Å²) in [7, 11) is 3.92. The van der Waals surface area contributed by atoms with Crippen molar-refractivity contribution in [2.75, 3.05) is 60.2 Å². The molecule has 3 N–H and O–H groups in total. The lowest BCUT2D eigenvalue weighted by Crippen LogP contribution is -2.45. The highest BCUT2D eigenvalue weighted by Crippen LogP contribution is 2.22. The smallest absolute Gasteiger partial charge is 0.305 e. The molecule has 1 aromatic carbocycles. The van der Waals surface area contributed by atoms with Gasteiger partial charge in [-0.15, -0.1) is 0 Å². The van der Waals surface area contributed by atoms with E-state index >= 15 is 0 Å². The summed E-state index contributed by atoms with van der Waals surface area (Å²) >= 11 is 0. The van der Waals surface area contributed by atoms with Crippen LogP contribution in [0.5, 0.6) is 0 Å². The van der Waals surface area contributed by atoms with Crippen LogP contribution < -0.4 is 10.7 Å². The van der Waals surface area contributed by atoms with Crippen LogP contribution in [0.3, 0.4) is 0 Å². The molecule has 0 saturated carbocycles. The van der Waals surface area contributed by atoms with E-state index in [2.05, 4.69) is 33.5 Å². The number of hydrazine groups is 1. The maximum atomic E-state index is 13.0. The van der Waals surface area contributed by atoms with Gasteiger partial charge in [0.05, 0.1) is 39.4 Å². The zero-order valence-electron chi connectivity index (χ0n) is 21.6. The molecule has 0 unspecified atom stereocenters. The number of carboxylic acid groups (broad SMARTS) is 1. The number of benzene rings is 1. The predicted molar refractivity (Wildman–Crippen MR) is 139 cm³/mol. The minimum Gasteiger partial charge on any atom is -0.481 e. The zero-order valence-corrected chi connectivity index (χ0v) is 21.6. The first kappa shape index (κ1) is 28.1. The van der Waals surface area contributed by atoms with Gasteiger partial charge in [-0.05, 0) is 37.4 Å². The molecule has 2 heterocycles. The molecular weight excluding hydrogens is 462 g/mol. The second kappa shape index (κ2) is 14.9. The summed E-state index contributed by atoms with van der Waals surface area (Å²) in [5.41, 5.74) is 5.51. The Hall–Kier alpha value is -2.50. The third-order valence-corrected chi connectivity index (χ3v) is 6.59. The highest BCUT2D eigenvalue weighted by molar-refractivity contribution is 5.82. The van der Waals surface area contributed by atoms with Crippen LogP contribution in [0.15, 0.2) is 30.3 Å². The Morgan fingerprint density at radius 1 is 1.08 bits per heavy atom. The number of hydrogen-bond acceptors (Lipinski definition) is 7. The minimum atomic E-state index is -0.857. The van der Waals surface area contributed by atoms with Crippen LogP contribution in [0.4, 0.5) is 0 Å². The van der Waals surface area contributed by atoms with E-state index in [1.807, 2.05) is 36.1 Å². The Morgan fingerprint density at radius 3 is 2.53 bits per heavy atom. The number of carbonyl (C=O) groups excluding carboxylic acids is 1. The molecule has 1 amide bonds. The van der Waals surface area contributed by atoms with Crippen LogP contribution in [-0.4, -0.2) is 97.7 Å². The normalized spacial score (nSPS) is 14.7. The van der Waals surface area contributed by atoms with Crippen LogP contribution in [0.2, 0.25) is 0 Å². The molecule has 0 bridgehead atoms. The Labute approximate surface area is 213 Å². The topological polar surface area (TPSA) is 108 Å². The Balaban J connectivity index is 1.34. The van der Waals surface area contributed by atoms with Gasteiger partial charge in [-0.3, -0.25) is 15.0 Å². The first-order chi connectivity index (χ1) is 17.5. The van der Waals surface area contributed by atoms with Gasteiger partial charge in [0, 0.05) is 56.9 Å². The molecular formula is C26H41N5O5. The third kappa shape index (κ3) is 8.86. The fraction of sp³-hybridized carbons (Fsp3) is 0.615. The fourth-order valence-electron chi connectivity index (χ4n) is 4.50. The molecule has 3 rings (SSSR count). The van der Waals surface area contributed by atoms with Gasteiger partial charge < -0.3 is 29.4 Å². The molecule has 2 aromatic rings. The maximum absolute atomic E-state index is 13.0. The highest BCUT2D eigenvalue weighted by atomic mass is 16.5. The molecule has 0 atom stereocenters. The van der Waals surface area contributed by atoms with Gasteiger partial charge in [0.1, 0.15) is 0 Å². The van der Waals surface area contributed by atoms with E-state index in [0.29, 0.717) is 38.8 Å². The van der Waals surface area contributed by atoms with Crippen molar-refractivity contribution in [1.82, 2.24) is 25.2 Å². The van der Waals surface area contributed by atoms with Crippen LogP contribution >= 0.6 is 0 Å². The van der Waals surface area contributed by atoms with Crippen molar-refractivity contribution in [3.63, 3.8) is 0 Å². The molecule has 1 aliphatic rings. The molecule has 1 aromatic heterocycles. The van der Waals surface area contributed by atoms with Crippen molar-refractivity contribution in [2.45, 2.75) is 44.8 Å². The number of piperidine rings is 1. The number of nitrogens with one attached hydrogen (secondary N) is 2. The third-order valence-electron chi connectivity index (χ3n) is 6.59. The van der Waals surface area contributed by atoms with E-state index < -0.39 is 5.97 Å². The van der Waals surface area contributed by atoms with Gasteiger partial charge in [-0.1, -0.05) is 18.2 Å². The monoisotopic (exact) mass is 503 g/mol. The maximum Gasteiger partial charge on any atom is 0.305 e. The van der Waals surface area contributed by atoms with Gasteiger partial charge in [0.2, 0.25) is 5.91 Å². The molecule has 10 nitrogen and oxygen atoms in total. The summed E-state index contributed by atoms with van der Waals surface area (Å²) in [4.78, 5) is 25.4. The second-order valence-electron chi connectivity index (χ2n) is 9.15. The van der Waals surface area contributed by atoms with Crippen molar-refractivity contribution in [3.05, 3.63) is 36.0 Å². The van der Waals surface area contributed by atoms with E-state index in [1.165, 1.54) is 16.6 Å². The van der Waals surface area contributed by atoms with E-state index in [9.17, 15) is 9.59 Å². The molecule has 36 heavy (non-hydrogen) atoms. The highest BCUT2D eigenvalue weighted by Gasteiger charge is 2.22. The Bertz CT molecular complexity index is 957. The first-order valence-electron chi connectivity index (χ1n) is 12.8. The number of aryl methyl sites for hydroxylation is 1. The van der Waals surface area contributed by atoms with Crippen LogP contribution in [-0.2, 0) is 32.2 Å². The summed E-state index contributed by atoms with van der Waals surface area (Å²) in [6.45, 7) is 5.39. The van der Waals surface area contributed by atoms with E-state index in [0.717, 1.165) is 39.0 Å². The van der Waals surface area contributed by atoms with Crippen molar-refractivity contribution >= 4 is 22.8 Å². The fourth-order valence-corrected chi connectivity index (χ4v) is 4.50. The summed E-state index contributed by atoms with van der Waals surface area (Å²) in [5.74, 6) is -0.643. The minimum absolute atomic E-state index is 0.0152. The molecule has 10 heteroatoms. The van der Waals surface area contributed by atoms with Crippen molar-refractivity contribution in [2.24, 2.45) is 0 Å². The summed E-state index contributed by atoms with van der Waals surface area (Å²) in [5, 5.41) is 15.3. The SMILES string of the molecule is CNN(C)Cc1cc2ccccc2n1CCC(=O)N1CCC(NCCOCCOCCC(=O)O)CC1. The van der Waals surface area contributed by atoms with Gasteiger partial charge in [-0.2, -0.15) is 0 Å². The Kier molecular flexibility index (Phi) is 11.6. The van der Waals surface area contributed by atoms with Crippen LogP contribution in [0.25, 0.3) is 10.9 Å². The largest absolute Gasteiger partial charge is 0.481 e. The van der Waals surface area contributed by atoms with Gasteiger partial charge in [0.25, 0.3) is 0 Å².